The first-order chi connectivity index (χ1) is 17.0. The Hall–Kier alpha value is -1.60. The molecule has 2 aromatic rings. The standard InChI is InChI=1S/C29H35Br2NO3/c1-29(21-34-22-29)20-33-18-4-2-3-5-19-35-28-16-14-27(15-17-28)32(25-10-6-23(30)7-11-25)26-12-8-24(31)9-13-26/h6-8,10-17,24H,2-5,9,18-22H2,1H3. The first kappa shape index (κ1) is 26.5. The fourth-order valence-electron chi connectivity index (χ4n) is 4.18. The highest BCUT2D eigenvalue weighted by Gasteiger charge is 2.33. The summed E-state index contributed by atoms with van der Waals surface area (Å²) in [5, 5.41) is 0. The highest BCUT2D eigenvalue weighted by Crippen LogP contribution is 2.34. The average molecular weight is 605 g/mol. The highest BCUT2D eigenvalue weighted by atomic mass is 79.9. The van der Waals surface area contributed by atoms with Crippen LogP contribution in [0.1, 0.15) is 39.0 Å². The third-order valence-corrected chi connectivity index (χ3v) is 7.48. The minimum absolute atomic E-state index is 0.249. The molecule has 0 amide bonds. The van der Waals surface area contributed by atoms with Crippen molar-refractivity contribution in [1.82, 2.24) is 0 Å². The van der Waals surface area contributed by atoms with Gasteiger partial charge in [0.15, 0.2) is 0 Å². The second kappa shape index (κ2) is 13.1. The van der Waals surface area contributed by atoms with E-state index < -0.39 is 0 Å². The fourth-order valence-corrected chi connectivity index (χ4v) is 4.78. The Morgan fingerprint density at radius 3 is 2.20 bits per heavy atom. The molecule has 4 rings (SSSR count). The number of benzene rings is 2. The van der Waals surface area contributed by atoms with Gasteiger partial charge in [0, 0.05) is 38.4 Å². The highest BCUT2D eigenvalue weighted by molar-refractivity contribution is 9.10. The average Bonchev–Trinajstić information content (AvgIpc) is 2.85. The van der Waals surface area contributed by atoms with Crippen molar-refractivity contribution >= 4 is 43.2 Å². The molecule has 0 radical (unpaired) electrons. The van der Waals surface area contributed by atoms with Crippen LogP contribution in [0.5, 0.6) is 5.75 Å². The first-order valence-electron chi connectivity index (χ1n) is 12.5. The lowest BCUT2D eigenvalue weighted by Crippen LogP contribution is -2.43. The minimum Gasteiger partial charge on any atom is -0.494 e. The Morgan fingerprint density at radius 2 is 1.60 bits per heavy atom. The smallest absolute Gasteiger partial charge is 0.119 e. The Morgan fingerprint density at radius 1 is 0.943 bits per heavy atom. The normalized spacial score (nSPS) is 18.6. The van der Waals surface area contributed by atoms with Crippen molar-refractivity contribution in [2.24, 2.45) is 5.41 Å². The molecule has 35 heavy (non-hydrogen) atoms. The van der Waals surface area contributed by atoms with Gasteiger partial charge in [-0.3, -0.25) is 0 Å². The van der Waals surface area contributed by atoms with Gasteiger partial charge in [-0.25, -0.2) is 0 Å². The number of halogens is 2. The summed E-state index contributed by atoms with van der Waals surface area (Å²) in [5.41, 5.74) is 3.67. The van der Waals surface area contributed by atoms with Crippen molar-refractivity contribution in [1.29, 1.82) is 0 Å². The van der Waals surface area contributed by atoms with E-state index in [9.17, 15) is 0 Å². The van der Waals surface area contributed by atoms with Crippen molar-refractivity contribution in [2.45, 2.75) is 43.9 Å². The summed E-state index contributed by atoms with van der Waals surface area (Å²) in [4.78, 5) is 2.68. The Bertz CT molecular complexity index is 984. The Labute approximate surface area is 226 Å². The summed E-state index contributed by atoms with van der Waals surface area (Å²) in [7, 11) is 0. The van der Waals surface area contributed by atoms with Gasteiger partial charge >= 0.3 is 0 Å². The molecule has 0 aromatic heterocycles. The van der Waals surface area contributed by atoms with Crippen LogP contribution in [-0.2, 0) is 9.47 Å². The number of hydrogen-bond donors (Lipinski definition) is 0. The molecule has 1 aliphatic carbocycles. The topological polar surface area (TPSA) is 30.9 Å². The molecule has 0 spiro atoms. The van der Waals surface area contributed by atoms with Crippen molar-refractivity contribution < 1.29 is 14.2 Å². The third kappa shape index (κ3) is 7.94. The maximum atomic E-state index is 6.01. The monoisotopic (exact) mass is 603 g/mol. The summed E-state index contributed by atoms with van der Waals surface area (Å²) >= 11 is 7.22. The molecule has 188 valence electrons. The van der Waals surface area contributed by atoms with E-state index >= 15 is 0 Å². The molecule has 1 saturated heterocycles. The van der Waals surface area contributed by atoms with Crippen LogP contribution < -0.4 is 9.64 Å². The molecule has 1 atom stereocenters. The van der Waals surface area contributed by atoms with Gasteiger partial charge in [-0.1, -0.05) is 57.4 Å². The molecule has 2 aliphatic rings. The molecular formula is C29H35Br2NO3. The summed E-state index contributed by atoms with van der Waals surface area (Å²) in [6, 6.07) is 16.8. The van der Waals surface area contributed by atoms with Crippen molar-refractivity contribution in [3.05, 3.63) is 76.9 Å². The molecule has 4 nitrogen and oxygen atoms in total. The lowest BCUT2D eigenvalue weighted by atomic mass is 9.90. The predicted octanol–water partition coefficient (Wildman–Crippen LogP) is 8.19. The largest absolute Gasteiger partial charge is 0.494 e. The summed E-state index contributed by atoms with van der Waals surface area (Å²) in [5.74, 6) is 0.914. The van der Waals surface area contributed by atoms with E-state index in [4.69, 9.17) is 14.2 Å². The van der Waals surface area contributed by atoms with E-state index in [-0.39, 0.29) is 5.41 Å². The van der Waals surface area contributed by atoms with E-state index in [1.165, 1.54) is 12.1 Å². The maximum absolute atomic E-state index is 6.01. The number of unbranched alkanes of at least 4 members (excludes halogenated alkanes) is 3. The van der Waals surface area contributed by atoms with E-state index in [1.54, 1.807) is 0 Å². The van der Waals surface area contributed by atoms with E-state index in [1.807, 2.05) is 0 Å². The van der Waals surface area contributed by atoms with E-state index in [2.05, 4.69) is 110 Å². The van der Waals surface area contributed by atoms with Gasteiger partial charge in [-0.05, 0) is 80.3 Å². The van der Waals surface area contributed by atoms with Crippen LogP contribution >= 0.6 is 31.9 Å². The van der Waals surface area contributed by atoms with Gasteiger partial charge in [0.25, 0.3) is 0 Å². The SMILES string of the molecule is CC1(COCCCCCCOc2ccc(N(C3=CCC(Br)C=C3)c3ccc(Br)cc3)cc2)COC1. The number of anilines is 2. The second-order valence-corrected chi connectivity index (χ2v) is 11.8. The summed E-state index contributed by atoms with van der Waals surface area (Å²) < 4.78 is 18.2. The number of ether oxygens (including phenoxy) is 3. The number of hydrogen-bond acceptors (Lipinski definition) is 4. The van der Waals surface area contributed by atoms with Gasteiger partial charge in [0.1, 0.15) is 5.75 Å². The zero-order valence-electron chi connectivity index (χ0n) is 20.4. The van der Waals surface area contributed by atoms with Gasteiger partial charge in [0.05, 0.1) is 26.4 Å². The minimum atomic E-state index is 0.249. The van der Waals surface area contributed by atoms with Crippen LogP contribution in [0.2, 0.25) is 0 Å². The first-order valence-corrected chi connectivity index (χ1v) is 14.2. The van der Waals surface area contributed by atoms with E-state index in [0.29, 0.717) is 4.83 Å². The predicted molar refractivity (Wildman–Crippen MR) is 151 cm³/mol. The molecule has 0 saturated carbocycles. The molecule has 1 fully saturated rings. The zero-order chi connectivity index (χ0) is 24.5. The van der Waals surface area contributed by atoms with E-state index in [0.717, 1.165) is 80.3 Å². The molecule has 6 heteroatoms. The van der Waals surface area contributed by atoms with Gasteiger partial charge in [0.2, 0.25) is 0 Å². The summed E-state index contributed by atoms with van der Waals surface area (Å²) in [6.45, 7) is 6.29. The molecule has 1 aliphatic heterocycles. The van der Waals surface area contributed by atoms with Crippen LogP contribution in [0.3, 0.4) is 0 Å². The molecule has 2 aromatic carbocycles. The number of nitrogens with zero attached hydrogens (tertiary/aromatic N) is 1. The number of rotatable bonds is 13. The van der Waals surface area contributed by atoms with Crippen LogP contribution in [-0.4, -0.2) is 37.9 Å². The van der Waals surface area contributed by atoms with Crippen LogP contribution in [0.25, 0.3) is 0 Å². The van der Waals surface area contributed by atoms with Crippen molar-refractivity contribution in [2.75, 3.05) is 37.9 Å². The molecule has 1 heterocycles. The lowest BCUT2D eigenvalue weighted by Gasteiger charge is -2.37. The maximum Gasteiger partial charge on any atom is 0.119 e. The zero-order valence-corrected chi connectivity index (χ0v) is 23.6. The Kier molecular flexibility index (Phi) is 9.90. The lowest BCUT2D eigenvalue weighted by molar-refractivity contribution is -0.137. The van der Waals surface area contributed by atoms with Crippen LogP contribution in [0.4, 0.5) is 11.4 Å². The molecule has 0 N–H and O–H groups in total. The number of allylic oxidation sites excluding steroid dienone is 3. The van der Waals surface area contributed by atoms with Crippen molar-refractivity contribution in [3.8, 4) is 5.75 Å². The van der Waals surface area contributed by atoms with Gasteiger partial charge in [-0.15, -0.1) is 0 Å². The van der Waals surface area contributed by atoms with Gasteiger partial charge in [-0.2, -0.15) is 0 Å². The van der Waals surface area contributed by atoms with Crippen LogP contribution in [0.15, 0.2) is 76.9 Å². The van der Waals surface area contributed by atoms with Crippen molar-refractivity contribution in [3.63, 3.8) is 0 Å². The summed E-state index contributed by atoms with van der Waals surface area (Å²) in [6.07, 6.45) is 12.1. The second-order valence-electron chi connectivity index (χ2n) is 9.66. The van der Waals surface area contributed by atoms with Crippen LogP contribution in [0, 0.1) is 5.41 Å². The molecular weight excluding hydrogens is 570 g/mol. The molecule has 1 unspecified atom stereocenters. The Balaban J connectivity index is 1.22. The van der Waals surface area contributed by atoms with Gasteiger partial charge < -0.3 is 19.1 Å². The third-order valence-electron chi connectivity index (χ3n) is 6.27. The quantitative estimate of drug-likeness (QED) is 0.170. The molecule has 0 bridgehead atoms. The fraction of sp³-hybridized carbons (Fsp3) is 0.448. The number of alkyl halides is 1.